The number of hydrogen-bond acceptors (Lipinski definition) is 3. The molecule has 3 nitrogen and oxygen atoms in total. The smallest absolute Gasteiger partial charge is 0.204 e. The van der Waals surface area contributed by atoms with E-state index in [9.17, 15) is 0 Å². The summed E-state index contributed by atoms with van der Waals surface area (Å²) in [5.74, 6) is 1.52. The normalized spacial score (nSPS) is 10.5. The van der Waals surface area contributed by atoms with Gasteiger partial charge in [0.15, 0.2) is 11.5 Å². The molecule has 26 heavy (non-hydrogen) atoms. The van der Waals surface area contributed by atoms with Crippen LogP contribution in [-0.2, 0) is 0 Å². The van der Waals surface area contributed by atoms with Crippen LogP contribution in [0.3, 0.4) is 0 Å². The van der Waals surface area contributed by atoms with Gasteiger partial charge in [-0.05, 0) is 23.8 Å². The molecule has 0 unspecified atom stereocenters. The van der Waals surface area contributed by atoms with Gasteiger partial charge >= 0.3 is 0 Å². The van der Waals surface area contributed by atoms with Gasteiger partial charge in [0, 0.05) is 32.8 Å². The van der Waals surface area contributed by atoms with E-state index >= 15 is 0 Å². The van der Waals surface area contributed by atoms with Crippen LogP contribution in [0.5, 0.6) is 17.2 Å². The van der Waals surface area contributed by atoms with Gasteiger partial charge in [-0.15, -0.1) is 0 Å². The molecule has 3 aromatic rings. The maximum Gasteiger partial charge on any atom is 0.204 e. The maximum absolute atomic E-state index is 6.41. The highest BCUT2D eigenvalue weighted by Crippen LogP contribution is 2.50. The molecule has 5 heteroatoms. The summed E-state index contributed by atoms with van der Waals surface area (Å²) in [4.78, 5) is 0. The van der Waals surface area contributed by atoms with Gasteiger partial charge in [0.1, 0.15) is 0 Å². The van der Waals surface area contributed by atoms with Crippen molar-refractivity contribution in [3.05, 3.63) is 64.6 Å². The maximum atomic E-state index is 6.41. The summed E-state index contributed by atoms with van der Waals surface area (Å²) in [6.45, 7) is 0. The van der Waals surface area contributed by atoms with Gasteiger partial charge in [-0.25, -0.2) is 0 Å². The van der Waals surface area contributed by atoms with Crippen molar-refractivity contribution in [1.29, 1.82) is 0 Å². The Morgan fingerprint density at radius 3 is 1.85 bits per heavy atom. The number of benzene rings is 3. The monoisotopic (exact) mass is 387 g/mol. The first kappa shape index (κ1) is 18.4. The molecule has 0 amide bonds. The van der Waals surface area contributed by atoms with Crippen molar-refractivity contribution in [2.45, 2.75) is 0 Å². The Hall–Kier alpha value is -2.36. The molecule has 133 valence electrons. The topological polar surface area (TPSA) is 27.7 Å². The van der Waals surface area contributed by atoms with E-state index in [0.29, 0.717) is 32.9 Å². The molecular formula is C21H17Cl2O3. The zero-order valence-electron chi connectivity index (χ0n) is 14.6. The van der Waals surface area contributed by atoms with Crippen LogP contribution < -0.4 is 14.2 Å². The quantitative estimate of drug-likeness (QED) is 0.524. The van der Waals surface area contributed by atoms with Crippen molar-refractivity contribution in [2.24, 2.45) is 0 Å². The number of hydrogen-bond donors (Lipinski definition) is 0. The SMILES string of the molecule is COc1c(-c2ccc(Cl)cc2)[c]c(-c2ccccc2Cl)c(OC)c1OC. The molecule has 3 rings (SSSR count). The first-order chi connectivity index (χ1) is 12.6. The molecular weight excluding hydrogens is 371 g/mol. The predicted molar refractivity (Wildman–Crippen MR) is 106 cm³/mol. The lowest BCUT2D eigenvalue weighted by molar-refractivity contribution is 0.326. The van der Waals surface area contributed by atoms with Crippen LogP contribution >= 0.6 is 23.2 Å². The molecule has 0 aliphatic rings. The van der Waals surface area contributed by atoms with Gasteiger partial charge < -0.3 is 14.2 Å². The lowest BCUT2D eigenvalue weighted by Gasteiger charge is -2.20. The first-order valence-corrected chi connectivity index (χ1v) is 8.62. The van der Waals surface area contributed by atoms with Crippen LogP contribution in [0, 0.1) is 6.07 Å². The Bertz CT molecular complexity index is 921. The summed E-state index contributed by atoms with van der Waals surface area (Å²) in [6, 6.07) is 18.3. The third-order valence-electron chi connectivity index (χ3n) is 4.01. The number of ether oxygens (including phenoxy) is 3. The van der Waals surface area contributed by atoms with Gasteiger partial charge in [-0.2, -0.15) is 0 Å². The third kappa shape index (κ3) is 3.33. The van der Waals surface area contributed by atoms with Crippen LogP contribution in [0.4, 0.5) is 0 Å². The van der Waals surface area contributed by atoms with Gasteiger partial charge in [0.25, 0.3) is 0 Å². The molecule has 0 spiro atoms. The highest BCUT2D eigenvalue weighted by atomic mass is 35.5. The average molecular weight is 388 g/mol. The van der Waals surface area contributed by atoms with Crippen molar-refractivity contribution in [3.63, 3.8) is 0 Å². The fourth-order valence-electron chi connectivity index (χ4n) is 2.82. The minimum Gasteiger partial charge on any atom is -0.492 e. The van der Waals surface area contributed by atoms with E-state index < -0.39 is 0 Å². The second-order valence-corrected chi connectivity index (χ2v) is 6.31. The van der Waals surface area contributed by atoms with Crippen molar-refractivity contribution in [1.82, 2.24) is 0 Å². The molecule has 0 N–H and O–H groups in total. The van der Waals surface area contributed by atoms with Crippen molar-refractivity contribution < 1.29 is 14.2 Å². The molecule has 3 aromatic carbocycles. The Balaban J connectivity index is 2.36. The van der Waals surface area contributed by atoms with Gasteiger partial charge in [-0.1, -0.05) is 53.5 Å². The lowest BCUT2D eigenvalue weighted by atomic mass is 9.96. The highest BCUT2D eigenvalue weighted by molar-refractivity contribution is 6.33. The summed E-state index contributed by atoms with van der Waals surface area (Å²) in [5, 5.41) is 1.25. The number of methoxy groups -OCH3 is 3. The van der Waals surface area contributed by atoms with Crippen LogP contribution in [0.15, 0.2) is 48.5 Å². The third-order valence-corrected chi connectivity index (χ3v) is 4.59. The molecule has 0 saturated carbocycles. The molecule has 1 radical (unpaired) electrons. The van der Waals surface area contributed by atoms with E-state index in [1.165, 1.54) is 0 Å². The van der Waals surface area contributed by atoms with E-state index in [4.69, 9.17) is 37.4 Å². The summed E-state index contributed by atoms with van der Waals surface area (Å²) < 4.78 is 16.8. The Kier molecular flexibility index (Phi) is 5.60. The average Bonchev–Trinajstić information content (AvgIpc) is 2.67. The molecule has 0 aliphatic carbocycles. The Labute approximate surface area is 163 Å². The van der Waals surface area contributed by atoms with Crippen LogP contribution in [0.1, 0.15) is 0 Å². The van der Waals surface area contributed by atoms with Crippen LogP contribution in [0.25, 0.3) is 22.3 Å². The van der Waals surface area contributed by atoms with Crippen LogP contribution in [0.2, 0.25) is 10.0 Å². The van der Waals surface area contributed by atoms with Gasteiger partial charge in [0.05, 0.1) is 21.3 Å². The van der Waals surface area contributed by atoms with Gasteiger partial charge in [0.2, 0.25) is 5.75 Å². The lowest BCUT2D eigenvalue weighted by Crippen LogP contribution is -2.00. The van der Waals surface area contributed by atoms with E-state index in [-0.39, 0.29) is 0 Å². The van der Waals surface area contributed by atoms with E-state index in [1.807, 2.05) is 48.5 Å². The summed E-state index contributed by atoms with van der Waals surface area (Å²) in [7, 11) is 4.73. The minimum atomic E-state index is 0.480. The van der Waals surface area contributed by atoms with Crippen molar-refractivity contribution in [3.8, 4) is 39.5 Å². The van der Waals surface area contributed by atoms with Crippen molar-refractivity contribution in [2.75, 3.05) is 21.3 Å². The molecule has 0 saturated heterocycles. The Morgan fingerprint density at radius 2 is 1.27 bits per heavy atom. The molecule has 0 aromatic heterocycles. The zero-order valence-corrected chi connectivity index (χ0v) is 16.1. The van der Waals surface area contributed by atoms with E-state index in [1.54, 1.807) is 21.3 Å². The zero-order chi connectivity index (χ0) is 18.7. The highest BCUT2D eigenvalue weighted by Gasteiger charge is 2.23. The second kappa shape index (κ2) is 7.90. The molecule has 0 fully saturated rings. The summed E-state index contributed by atoms with van der Waals surface area (Å²) in [5.41, 5.74) is 3.11. The standard InChI is InChI=1S/C21H17Cl2O3/c1-24-19-16(13-8-10-14(22)11-9-13)12-17(20(25-2)21(19)26-3)15-6-4-5-7-18(15)23/h4-11H,1-3H3. The molecule has 0 aliphatic heterocycles. The number of rotatable bonds is 5. The van der Waals surface area contributed by atoms with Crippen molar-refractivity contribution >= 4 is 23.2 Å². The van der Waals surface area contributed by atoms with Crippen LogP contribution in [-0.4, -0.2) is 21.3 Å². The predicted octanol–water partition coefficient (Wildman–Crippen LogP) is 6.15. The largest absolute Gasteiger partial charge is 0.492 e. The number of halogens is 2. The second-order valence-electron chi connectivity index (χ2n) is 5.46. The fourth-order valence-corrected chi connectivity index (χ4v) is 3.17. The van der Waals surface area contributed by atoms with E-state index in [0.717, 1.165) is 16.7 Å². The molecule has 0 atom stereocenters. The minimum absolute atomic E-state index is 0.480. The fraction of sp³-hybridized carbons (Fsp3) is 0.143. The Morgan fingerprint density at radius 1 is 0.692 bits per heavy atom. The summed E-state index contributed by atoms with van der Waals surface area (Å²) >= 11 is 12.4. The van der Waals surface area contributed by atoms with Gasteiger partial charge in [-0.3, -0.25) is 0 Å². The first-order valence-electron chi connectivity index (χ1n) is 7.86. The summed E-state index contributed by atoms with van der Waals surface area (Å²) in [6.07, 6.45) is 0. The molecule has 0 bridgehead atoms. The molecule has 0 heterocycles. The van der Waals surface area contributed by atoms with E-state index in [2.05, 4.69) is 6.07 Å².